The maximum atomic E-state index is 10.5. The lowest BCUT2D eigenvalue weighted by Gasteiger charge is -2.05. The van der Waals surface area contributed by atoms with Crippen molar-refractivity contribution in [2.75, 3.05) is 6.61 Å². The molecule has 0 N–H and O–H groups in total. The Labute approximate surface area is 88.3 Å². The molecule has 0 aromatic heterocycles. The van der Waals surface area contributed by atoms with Crippen LogP contribution in [-0.4, -0.2) is 11.5 Å². The molecular weight excluding hydrogens is 194 g/mol. The zero-order valence-electron chi connectivity index (χ0n) is 8.77. The predicted molar refractivity (Wildman–Crippen MR) is 58.3 cm³/mol. The van der Waals surface area contributed by atoms with E-state index in [0.717, 1.165) is 5.56 Å². The topological polar surface area (TPSA) is 52.4 Å². The van der Waals surface area contributed by atoms with Crippen LogP contribution in [0.2, 0.25) is 0 Å². The third-order valence-electron chi connectivity index (χ3n) is 1.87. The van der Waals surface area contributed by atoms with Crippen LogP contribution >= 0.6 is 0 Å². The molecule has 80 valence electrons. The molecule has 4 nitrogen and oxygen atoms in total. The van der Waals surface area contributed by atoms with Gasteiger partial charge in [-0.3, -0.25) is 10.1 Å². The lowest BCUT2D eigenvalue weighted by Crippen LogP contribution is -1.96. The van der Waals surface area contributed by atoms with E-state index in [1.165, 1.54) is 13.0 Å². The summed E-state index contributed by atoms with van der Waals surface area (Å²) in [5.74, 6) is 0.668. The van der Waals surface area contributed by atoms with Crippen molar-refractivity contribution in [3.8, 4) is 5.75 Å². The second-order valence-electron chi connectivity index (χ2n) is 3.01. The highest BCUT2D eigenvalue weighted by Gasteiger charge is 2.05. The maximum Gasteiger partial charge on any atom is 0.243 e. The third kappa shape index (κ3) is 3.09. The minimum atomic E-state index is -0.414. The summed E-state index contributed by atoms with van der Waals surface area (Å²) >= 11 is 0. The number of ether oxygens (including phenoxy) is 1. The van der Waals surface area contributed by atoms with Crippen LogP contribution in [0.1, 0.15) is 19.4 Å². The Morgan fingerprint density at radius 3 is 2.80 bits per heavy atom. The first-order valence-corrected chi connectivity index (χ1v) is 4.69. The van der Waals surface area contributed by atoms with Crippen molar-refractivity contribution in [1.29, 1.82) is 0 Å². The number of allylic oxidation sites excluding steroid dienone is 1. The van der Waals surface area contributed by atoms with Crippen molar-refractivity contribution in [1.82, 2.24) is 0 Å². The number of nitrogens with zero attached hydrogens (tertiary/aromatic N) is 1. The molecule has 1 aromatic carbocycles. The minimum absolute atomic E-state index is 0.0992. The molecule has 0 saturated heterocycles. The fraction of sp³-hybridized carbons (Fsp3) is 0.273. The number of hydrogen-bond acceptors (Lipinski definition) is 3. The fourth-order valence-corrected chi connectivity index (χ4v) is 1.16. The number of rotatable bonds is 4. The molecule has 0 fully saturated rings. The highest BCUT2D eigenvalue weighted by molar-refractivity contribution is 5.58. The Morgan fingerprint density at radius 1 is 1.53 bits per heavy atom. The molecule has 15 heavy (non-hydrogen) atoms. The van der Waals surface area contributed by atoms with Gasteiger partial charge >= 0.3 is 0 Å². The van der Waals surface area contributed by atoms with Gasteiger partial charge in [-0.05, 0) is 13.0 Å². The molecule has 0 unspecified atom stereocenters. The van der Waals surface area contributed by atoms with E-state index in [0.29, 0.717) is 12.4 Å². The molecule has 0 bridgehead atoms. The summed E-state index contributed by atoms with van der Waals surface area (Å²) in [5, 5.41) is 10.5. The normalized spacial score (nSPS) is 11.2. The van der Waals surface area contributed by atoms with E-state index >= 15 is 0 Å². The van der Waals surface area contributed by atoms with Crippen LogP contribution < -0.4 is 4.74 Å². The molecular formula is C11H13NO3. The Kier molecular flexibility index (Phi) is 3.85. The first-order chi connectivity index (χ1) is 7.15. The van der Waals surface area contributed by atoms with Gasteiger partial charge in [0.15, 0.2) is 0 Å². The molecule has 0 heterocycles. The van der Waals surface area contributed by atoms with Gasteiger partial charge in [0.25, 0.3) is 0 Å². The minimum Gasteiger partial charge on any atom is -0.493 e. The second-order valence-corrected chi connectivity index (χ2v) is 3.01. The molecule has 0 atom stereocenters. The van der Waals surface area contributed by atoms with E-state index < -0.39 is 4.92 Å². The molecule has 1 rings (SSSR count). The largest absolute Gasteiger partial charge is 0.493 e. The van der Waals surface area contributed by atoms with Crippen LogP contribution in [0, 0.1) is 10.1 Å². The van der Waals surface area contributed by atoms with Gasteiger partial charge in [0, 0.05) is 18.6 Å². The summed E-state index contributed by atoms with van der Waals surface area (Å²) in [6.45, 7) is 3.88. The Hall–Kier alpha value is -1.84. The SMILES string of the molecule is CCOc1ccccc1/C=C(\C)[N+](=O)[O-]. The van der Waals surface area contributed by atoms with E-state index in [1.54, 1.807) is 12.1 Å². The van der Waals surface area contributed by atoms with Gasteiger partial charge in [0.05, 0.1) is 11.5 Å². The summed E-state index contributed by atoms with van der Waals surface area (Å²) in [6, 6.07) is 7.24. The van der Waals surface area contributed by atoms with Crippen molar-refractivity contribution in [3.63, 3.8) is 0 Å². The third-order valence-corrected chi connectivity index (χ3v) is 1.87. The molecule has 0 aliphatic heterocycles. The van der Waals surface area contributed by atoms with E-state index in [1.807, 2.05) is 19.1 Å². The van der Waals surface area contributed by atoms with Gasteiger partial charge in [0.2, 0.25) is 5.70 Å². The van der Waals surface area contributed by atoms with Crippen molar-refractivity contribution in [2.45, 2.75) is 13.8 Å². The molecule has 0 saturated carbocycles. The average Bonchev–Trinajstić information content (AvgIpc) is 2.21. The Balaban J connectivity index is 3.03. The molecule has 0 spiro atoms. The second kappa shape index (κ2) is 5.14. The van der Waals surface area contributed by atoms with Gasteiger partial charge in [-0.25, -0.2) is 0 Å². The number of nitro groups is 1. The number of benzene rings is 1. The molecule has 0 aliphatic carbocycles. The summed E-state index contributed by atoms with van der Waals surface area (Å²) in [7, 11) is 0. The Bertz CT molecular complexity index is 385. The maximum absolute atomic E-state index is 10.5. The molecule has 0 aliphatic rings. The summed E-state index contributed by atoms with van der Waals surface area (Å²) in [4.78, 5) is 10.1. The first-order valence-electron chi connectivity index (χ1n) is 4.69. The summed E-state index contributed by atoms with van der Waals surface area (Å²) < 4.78 is 5.35. The zero-order chi connectivity index (χ0) is 11.3. The van der Waals surface area contributed by atoms with Crippen LogP contribution in [0.4, 0.5) is 0 Å². The predicted octanol–water partition coefficient (Wildman–Crippen LogP) is 2.72. The van der Waals surface area contributed by atoms with Gasteiger partial charge < -0.3 is 4.74 Å². The van der Waals surface area contributed by atoms with E-state index in [9.17, 15) is 10.1 Å². The van der Waals surface area contributed by atoms with Crippen molar-refractivity contribution >= 4 is 6.08 Å². The van der Waals surface area contributed by atoms with Crippen LogP contribution in [0.15, 0.2) is 30.0 Å². The van der Waals surface area contributed by atoms with Gasteiger partial charge in [-0.1, -0.05) is 18.2 Å². The van der Waals surface area contributed by atoms with Crippen molar-refractivity contribution in [2.24, 2.45) is 0 Å². The van der Waals surface area contributed by atoms with Crippen molar-refractivity contribution in [3.05, 3.63) is 45.6 Å². The molecule has 0 amide bonds. The zero-order valence-corrected chi connectivity index (χ0v) is 8.77. The van der Waals surface area contributed by atoms with Gasteiger partial charge in [0.1, 0.15) is 5.75 Å². The van der Waals surface area contributed by atoms with E-state index in [-0.39, 0.29) is 5.70 Å². The lowest BCUT2D eigenvalue weighted by atomic mass is 10.2. The number of para-hydroxylation sites is 1. The first kappa shape index (κ1) is 11.2. The summed E-state index contributed by atoms with van der Waals surface area (Å²) in [5.41, 5.74) is 0.829. The molecule has 4 heteroatoms. The van der Waals surface area contributed by atoms with Crippen LogP contribution in [0.3, 0.4) is 0 Å². The molecule has 0 radical (unpaired) electrons. The monoisotopic (exact) mass is 207 g/mol. The highest BCUT2D eigenvalue weighted by Crippen LogP contribution is 2.20. The number of hydrogen-bond donors (Lipinski definition) is 0. The Morgan fingerprint density at radius 2 is 2.20 bits per heavy atom. The fourth-order valence-electron chi connectivity index (χ4n) is 1.16. The smallest absolute Gasteiger partial charge is 0.243 e. The van der Waals surface area contributed by atoms with Crippen LogP contribution in [0.25, 0.3) is 6.08 Å². The summed E-state index contributed by atoms with van der Waals surface area (Å²) in [6.07, 6.45) is 1.50. The van der Waals surface area contributed by atoms with Crippen LogP contribution in [-0.2, 0) is 0 Å². The van der Waals surface area contributed by atoms with Crippen molar-refractivity contribution < 1.29 is 9.66 Å². The van der Waals surface area contributed by atoms with Gasteiger partial charge in [-0.15, -0.1) is 0 Å². The van der Waals surface area contributed by atoms with Crippen LogP contribution in [0.5, 0.6) is 5.75 Å². The average molecular weight is 207 g/mol. The van der Waals surface area contributed by atoms with Gasteiger partial charge in [-0.2, -0.15) is 0 Å². The van der Waals surface area contributed by atoms with E-state index in [2.05, 4.69) is 0 Å². The van der Waals surface area contributed by atoms with E-state index in [4.69, 9.17) is 4.74 Å². The highest BCUT2D eigenvalue weighted by atomic mass is 16.6. The lowest BCUT2D eigenvalue weighted by molar-refractivity contribution is -0.422. The molecule has 1 aromatic rings. The standard InChI is InChI=1S/C11H13NO3/c1-3-15-11-7-5-4-6-10(11)8-9(2)12(13)14/h4-8H,3H2,1-2H3/b9-8+. The quantitative estimate of drug-likeness (QED) is 0.563.